The van der Waals surface area contributed by atoms with Crippen molar-refractivity contribution in [1.82, 2.24) is 4.90 Å². The molecule has 0 N–H and O–H groups in total. The number of carbonyl (C=O) groups excluding carboxylic acids is 1. The molecule has 2 nitrogen and oxygen atoms in total. The Morgan fingerprint density at radius 3 is 1.59 bits per heavy atom. The van der Waals surface area contributed by atoms with Gasteiger partial charge in [0, 0.05) is 0 Å². The summed E-state index contributed by atoms with van der Waals surface area (Å²) in [6, 6.07) is 0. The zero-order valence-corrected chi connectivity index (χ0v) is 19.7. The van der Waals surface area contributed by atoms with Crippen molar-refractivity contribution in [1.29, 1.82) is 0 Å². The molecule has 3 heteroatoms. The minimum absolute atomic E-state index is 0. The predicted molar refractivity (Wildman–Crippen MR) is 97.0 cm³/mol. The van der Waals surface area contributed by atoms with Crippen LogP contribution in [0.5, 0.6) is 0 Å². The van der Waals surface area contributed by atoms with Crippen molar-refractivity contribution in [2.75, 3.05) is 19.6 Å². The largest absolute Gasteiger partial charge is 1.00 e. The zero-order valence-electron chi connectivity index (χ0n) is 16.6. The third-order valence-corrected chi connectivity index (χ3v) is 2.57. The van der Waals surface area contributed by atoms with Crippen molar-refractivity contribution in [3.05, 3.63) is 13.8 Å². The van der Waals surface area contributed by atoms with Crippen LogP contribution in [-0.4, -0.2) is 30.8 Å². The van der Waals surface area contributed by atoms with E-state index < -0.39 is 0 Å². The first-order valence-corrected chi connectivity index (χ1v) is 8.58. The molecule has 0 aromatic heterocycles. The van der Waals surface area contributed by atoms with Crippen molar-refractivity contribution in [3.63, 3.8) is 0 Å². The summed E-state index contributed by atoms with van der Waals surface area (Å²) in [5, 5.41) is 0. The second-order valence-electron chi connectivity index (χ2n) is 6.00. The molecule has 0 saturated carbocycles. The number of piperidine rings is 1. The number of nitrogens with zero attached hydrogens (tertiary/aromatic N) is 1. The van der Waals surface area contributed by atoms with Gasteiger partial charge in [-0.15, -0.1) is 0 Å². The summed E-state index contributed by atoms with van der Waals surface area (Å²) >= 11 is 0. The van der Waals surface area contributed by atoms with Crippen molar-refractivity contribution < 1.29 is 56.2 Å². The van der Waals surface area contributed by atoms with Crippen LogP contribution >= 0.6 is 0 Å². The molecule has 1 heterocycles. The molecule has 0 aliphatic carbocycles. The molecule has 0 spiro atoms. The molecule has 1 saturated heterocycles. The molecule has 0 amide bonds. The summed E-state index contributed by atoms with van der Waals surface area (Å²) in [4.78, 5) is 12.2. The van der Waals surface area contributed by atoms with Gasteiger partial charge in [-0.2, -0.15) is 12.8 Å². The summed E-state index contributed by atoms with van der Waals surface area (Å²) in [6.07, 6.45) is 7.76. The molecule has 0 atom stereocenters. The summed E-state index contributed by atoms with van der Waals surface area (Å²) in [6.45, 7) is 22.4. The van der Waals surface area contributed by atoms with Crippen LogP contribution in [0.2, 0.25) is 0 Å². The van der Waals surface area contributed by atoms with Crippen molar-refractivity contribution in [2.45, 2.75) is 73.6 Å². The minimum atomic E-state index is 0. The molecule has 0 bridgehead atoms. The third kappa shape index (κ3) is 33.0. The Hall–Kier alpha value is 1.27. The first-order valence-electron chi connectivity index (χ1n) is 8.58. The van der Waals surface area contributed by atoms with E-state index in [0.29, 0.717) is 6.54 Å². The van der Waals surface area contributed by atoms with Gasteiger partial charge in [-0.05, 0) is 37.8 Å². The van der Waals surface area contributed by atoms with E-state index in [0.717, 1.165) is 37.8 Å². The maximum absolute atomic E-state index is 10.1. The van der Waals surface area contributed by atoms with E-state index in [2.05, 4.69) is 46.4 Å². The van der Waals surface area contributed by atoms with Crippen LogP contribution < -0.4 is 51.4 Å². The van der Waals surface area contributed by atoms with Gasteiger partial charge in [0.1, 0.15) is 0 Å². The Bertz CT molecular complexity index is 174. The van der Waals surface area contributed by atoms with Crippen molar-refractivity contribution >= 4 is 6.29 Å². The van der Waals surface area contributed by atoms with E-state index in [-0.39, 0.29) is 51.4 Å². The molecule has 0 aromatic rings. The van der Waals surface area contributed by atoms with Gasteiger partial charge < -0.3 is 23.5 Å². The molecule has 1 aliphatic rings. The van der Waals surface area contributed by atoms with E-state index in [4.69, 9.17) is 0 Å². The standard InChI is InChI=1S/C9H16NO.C4H10.2C3H7.K/c1-2-9-3-5-10(6-4-9)7-8-11;1-4(2)3;2*1-3-2;/h9H,2-7H2,1H3;4H,1-3H3;2*1,3H2,2H3;/q-1;;2*-1;+1. The normalized spacial score (nSPS) is 14.2. The molecular weight excluding hydrogens is 297 g/mol. The molecule has 0 aromatic carbocycles. The molecule has 1 fully saturated rings. The Kier molecular flexibility index (Phi) is 38.3. The smallest absolute Gasteiger partial charge is 0.541 e. The van der Waals surface area contributed by atoms with Crippen LogP contribution in [0.1, 0.15) is 73.6 Å². The van der Waals surface area contributed by atoms with Crippen LogP contribution in [-0.2, 0) is 4.79 Å². The minimum Gasteiger partial charge on any atom is -0.541 e. The molecule has 0 unspecified atom stereocenters. The molecule has 1 aliphatic heterocycles. The second kappa shape index (κ2) is 27.1. The molecule has 22 heavy (non-hydrogen) atoms. The van der Waals surface area contributed by atoms with Gasteiger partial charge in [0.2, 0.25) is 0 Å². The predicted octanol–water partition coefficient (Wildman–Crippen LogP) is 2.35. The van der Waals surface area contributed by atoms with Gasteiger partial charge in [-0.25, -0.2) is 6.29 Å². The van der Waals surface area contributed by atoms with Crippen LogP contribution in [0.3, 0.4) is 0 Å². The molecule has 1 rings (SSSR count). The topological polar surface area (TPSA) is 20.3 Å². The number of rotatable bonds is 3. The van der Waals surface area contributed by atoms with E-state index in [1.165, 1.54) is 19.3 Å². The monoisotopic (exact) mass is 337 g/mol. The number of hydrogen-bond donors (Lipinski definition) is 0. The van der Waals surface area contributed by atoms with Crippen molar-refractivity contribution in [3.8, 4) is 0 Å². The van der Waals surface area contributed by atoms with Gasteiger partial charge >= 0.3 is 51.4 Å². The van der Waals surface area contributed by atoms with E-state index >= 15 is 0 Å². The van der Waals surface area contributed by atoms with Crippen LogP contribution in [0, 0.1) is 25.7 Å². The van der Waals surface area contributed by atoms with Gasteiger partial charge in [0.25, 0.3) is 0 Å². The second-order valence-corrected chi connectivity index (χ2v) is 6.00. The maximum Gasteiger partial charge on any atom is 1.00 e. The first kappa shape index (κ1) is 31.1. The first-order chi connectivity index (χ1) is 9.92. The average Bonchev–Trinajstić information content (AvgIpc) is 2.41. The Morgan fingerprint density at radius 1 is 1.05 bits per heavy atom. The molecule has 0 radical (unpaired) electrons. The van der Waals surface area contributed by atoms with Gasteiger partial charge in [-0.1, -0.05) is 54.5 Å². The summed E-state index contributed by atoms with van der Waals surface area (Å²) in [5.74, 6) is 1.73. The fraction of sp³-hybridized carbons (Fsp3) is 0.842. The maximum atomic E-state index is 10.1. The Labute approximate surface area is 184 Å². The molecular formula is C19H40KNO-2. The third-order valence-electron chi connectivity index (χ3n) is 2.57. The average molecular weight is 338 g/mol. The molecule has 130 valence electrons. The summed E-state index contributed by atoms with van der Waals surface area (Å²) in [5.41, 5.74) is 0. The number of hydrogen-bond acceptors (Lipinski definition) is 2. The van der Waals surface area contributed by atoms with Crippen molar-refractivity contribution in [2.24, 2.45) is 11.8 Å². The quantitative estimate of drug-likeness (QED) is 0.582. The van der Waals surface area contributed by atoms with E-state index in [9.17, 15) is 4.79 Å². The van der Waals surface area contributed by atoms with E-state index in [1.807, 2.05) is 20.1 Å². The Balaban J connectivity index is -0.000000124. The van der Waals surface area contributed by atoms with Gasteiger partial charge in [0.15, 0.2) is 0 Å². The van der Waals surface area contributed by atoms with Gasteiger partial charge in [0.05, 0.1) is 0 Å². The summed E-state index contributed by atoms with van der Waals surface area (Å²) in [7, 11) is 0. The van der Waals surface area contributed by atoms with Gasteiger partial charge in [-0.3, -0.25) is 0 Å². The summed E-state index contributed by atoms with van der Waals surface area (Å²) < 4.78 is 0. The zero-order chi connectivity index (χ0) is 17.1. The Morgan fingerprint density at radius 2 is 1.36 bits per heavy atom. The van der Waals surface area contributed by atoms with Crippen LogP contribution in [0.15, 0.2) is 0 Å². The fourth-order valence-electron chi connectivity index (χ4n) is 1.64. The number of likely N-dealkylation sites (tertiary alicyclic amines) is 1. The van der Waals surface area contributed by atoms with Crippen LogP contribution in [0.4, 0.5) is 0 Å². The van der Waals surface area contributed by atoms with Crippen LogP contribution in [0.25, 0.3) is 0 Å². The fourth-order valence-corrected chi connectivity index (χ4v) is 1.64. The van der Waals surface area contributed by atoms with E-state index in [1.54, 1.807) is 0 Å². The SMILES string of the molecule is CC(C)C.CCC1CCN(C[C-]=O)CC1.[CH2-]CC.[CH2-]CC.[K+].